The highest BCUT2D eigenvalue weighted by Gasteiger charge is 2.42. The van der Waals surface area contributed by atoms with E-state index in [0.29, 0.717) is 10.0 Å². The molecule has 8 heteroatoms. The molecule has 1 fully saturated rings. The van der Waals surface area contributed by atoms with E-state index in [1.807, 2.05) is 0 Å². The molecule has 1 aromatic heterocycles. The van der Waals surface area contributed by atoms with Crippen molar-refractivity contribution >= 4 is 34.3 Å². The monoisotopic (exact) mass is 297 g/mol. The standard InChI is InChI=1S/C12H15N3O4S/c1-6-8(9(17)19-4)14-11(20-6)15-5-7(16)13-10(18)12(15,2)3/h5H2,1-4H3,(H,13,16,18). The van der Waals surface area contributed by atoms with Crippen LogP contribution in [0.5, 0.6) is 0 Å². The number of esters is 1. The van der Waals surface area contributed by atoms with Crippen molar-refractivity contribution in [3.63, 3.8) is 0 Å². The summed E-state index contributed by atoms with van der Waals surface area (Å²) in [6.07, 6.45) is 0. The Balaban J connectivity index is 2.42. The molecule has 2 rings (SSSR count). The van der Waals surface area contributed by atoms with Crippen molar-refractivity contribution in [2.45, 2.75) is 26.3 Å². The molecule has 0 bridgehead atoms. The SMILES string of the molecule is COC(=O)c1nc(N2CC(=O)NC(=O)C2(C)C)sc1C. The van der Waals surface area contributed by atoms with Crippen molar-refractivity contribution in [3.8, 4) is 0 Å². The third-order valence-corrected chi connectivity index (χ3v) is 4.17. The summed E-state index contributed by atoms with van der Waals surface area (Å²) in [7, 11) is 1.28. The van der Waals surface area contributed by atoms with Gasteiger partial charge in [0.1, 0.15) is 12.1 Å². The summed E-state index contributed by atoms with van der Waals surface area (Å²) in [6.45, 7) is 5.16. The van der Waals surface area contributed by atoms with Crippen molar-refractivity contribution in [1.82, 2.24) is 10.3 Å². The van der Waals surface area contributed by atoms with Gasteiger partial charge in [-0.1, -0.05) is 0 Å². The van der Waals surface area contributed by atoms with Crippen LogP contribution in [0.3, 0.4) is 0 Å². The Morgan fingerprint density at radius 2 is 2.10 bits per heavy atom. The zero-order valence-electron chi connectivity index (χ0n) is 11.6. The number of piperazine rings is 1. The highest BCUT2D eigenvalue weighted by Crippen LogP contribution is 2.32. The first kappa shape index (κ1) is 14.4. The van der Waals surface area contributed by atoms with Gasteiger partial charge in [-0.25, -0.2) is 9.78 Å². The van der Waals surface area contributed by atoms with E-state index < -0.39 is 11.5 Å². The Labute approximate surface area is 119 Å². The minimum absolute atomic E-state index is 0.0201. The fourth-order valence-electron chi connectivity index (χ4n) is 1.87. The normalized spacial score (nSPS) is 17.9. The first-order chi connectivity index (χ1) is 9.27. The lowest BCUT2D eigenvalue weighted by molar-refractivity contribution is -0.135. The summed E-state index contributed by atoms with van der Waals surface area (Å²) >= 11 is 1.25. The minimum Gasteiger partial charge on any atom is -0.464 e. The first-order valence-electron chi connectivity index (χ1n) is 5.95. The largest absolute Gasteiger partial charge is 0.464 e. The van der Waals surface area contributed by atoms with Gasteiger partial charge in [0.05, 0.1) is 7.11 Å². The second-order valence-electron chi connectivity index (χ2n) is 4.92. The Morgan fingerprint density at radius 3 is 2.70 bits per heavy atom. The number of rotatable bonds is 2. The molecule has 0 saturated carbocycles. The average Bonchev–Trinajstić information content (AvgIpc) is 2.75. The van der Waals surface area contributed by atoms with Crippen LogP contribution in [-0.4, -0.2) is 42.0 Å². The summed E-state index contributed by atoms with van der Waals surface area (Å²) in [4.78, 5) is 41.5. The molecule has 0 radical (unpaired) electrons. The van der Waals surface area contributed by atoms with Gasteiger partial charge < -0.3 is 9.64 Å². The maximum atomic E-state index is 11.9. The van der Waals surface area contributed by atoms with Crippen molar-refractivity contribution in [2.24, 2.45) is 0 Å². The number of carbonyl (C=O) groups excluding carboxylic acids is 3. The fourth-order valence-corrected chi connectivity index (χ4v) is 2.91. The van der Waals surface area contributed by atoms with Gasteiger partial charge in [-0.15, -0.1) is 11.3 Å². The summed E-state index contributed by atoms with van der Waals surface area (Å²) in [5, 5.41) is 2.75. The Kier molecular flexibility index (Phi) is 3.51. The van der Waals surface area contributed by atoms with Gasteiger partial charge in [0, 0.05) is 4.88 Å². The maximum Gasteiger partial charge on any atom is 0.357 e. The van der Waals surface area contributed by atoms with Crippen LogP contribution in [0.2, 0.25) is 0 Å². The van der Waals surface area contributed by atoms with Gasteiger partial charge in [-0.3, -0.25) is 14.9 Å². The molecule has 0 spiro atoms. The molecule has 0 aliphatic carbocycles. The number of hydrogen-bond donors (Lipinski definition) is 1. The average molecular weight is 297 g/mol. The molecule has 2 amide bonds. The lowest BCUT2D eigenvalue weighted by Crippen LogP contribution is -2.64. The first-order valence-corrected chi connectivity index (χ1v) is 6.76. The number of amides is 2. The summed E-state index contributed by atoms with van der Waals surface area (Å²) in [5.41, 5.74) is -0.701. The van der Waals surface area contributed by atoms with Crippen LogP contribution in [0.1, 0.15) is 29.2 Å². The van der Waals surface area contributed by atoms with Crippen molar-refractivity contribution in [2.75, 3.05) is 18.6 Å². The number of imide groups is 1. The van der Waals surface area contributed by atoms with E-state index in [9.17, 15) is 14.4 Å². The van der Waals surface area contributed by atoms with Gasteiger partial charge in [0.2, 0.25) is 5.91 Å². The quantitative estimate of drug-likeness (QED) is 0.631. The van der Waals surface area contributed by atoms with E-state index in [1.165, 1.54) is 18.4 Å². The van der Waals surface area contributed by atoms with E-state index in [1.54, 1.807) is 25.7 Å². The molecule has 0 atom stereocenters. The zero-order valence-corrected chi connectivity index (χ0v) is 12.5. The highest BCUT2D eigenvalue weighted by atomic mass is 32.1. The number of aryl methyl sites for hydroxylation is 1. The summed E-state index contributed by atoms with van der Waals surface area (Å²) in [6, 6.07) is 0. The smallest absolute Gasteiger partial charge is 0.357 e. The molecule has 108 valence electrons. The van der Waals surface area contributed by atoms with Crippen molar-refractivity contribution < 1.29 is 19.1 Å². The molecule has 1 aromatic rings. The van der Waals surface area contributed by atoms with E-state index >= 15 is 0 Å². The van der Waals surface area contributed by atoms with Crippen LogP contribution >= 0.6 is 11.3 Å². The number of aromatic nitrogens is 1. The van der Waals surface area contributed by atoms with Crippen LogP contribution in [0.15, 0.2) is 0 Å². The zero-order chi connectivity index (χ0) is 15.1. The lowest BCUT2D eigenvalue weighted by Gasteiger charge is -2.39. The van der Waals surface area contributed by atoms with Crippen LogP contribution in [0.4, 0.5) is 5.13 Å². The molecule has 7 nitrogen and oxygen atoms in total. The number of methoxy groups -OCH3 is 1. The molecule has 1 N–H and O–H groups in total. The molecule has 0 unspecified atom stereocenters. The highest BCUT2D eigenvalue weighted by molar-refractivity contribution is 7.15. The number of nitrogens with zero attached hydrogens (tertiary/aromatic N) is 2. The molecule has 1 saturated heterocycles. The summed E-state index contributed by atoms with van der Waals surface area (Å²) < 4.78 is 4.65. The van der Waals surface area contributed by atoms with Crippen LogP contribution in [-0.2, 0) is 14.3 Å². The molecular formula is C12H15N3O4S. The molecule has 0 aromatic carbocycles. The summed E-state index contributed by atoms with van der Waals surface area (Å²) in [5.74, 6) is -1.31. The lowest BCUT2D eigenvalue weighted by atomic mass is 10.00. The van der Waals surface area contributed by atoms with E-state index in [4.69, 9.17) is 0 Å². The molecule has 2 heterocycles. The van der Waals surface area contributed by atoms with Gasteiger partial charge in [0.25, 0.3) is 5.91 Å². The third-order valence-electron chi connectivity index (χ3n) is 3.18. The third kappa shape index (κ3) is 2.26. The van der Waals surface area contributed by atoms with Crippen LogP contribution in [0.25, 0.3) is 0 Å². The number of anilines is 1. The Morgan fingerprint density at radius 1 is 1.45 bits per heavy atom. The van der Waals surface area contributed by atoms with E-state index in [-0.39, 0.29) is 24.1 Å². The van der Waals surface area contributed by atoms with Crippen molar-refractivity contribution in [1.29, 1.82) is 0 Å². The molecular weight excluding hydrogens is 282 g/mol. The van der Waals surface area contributed by atoms with E-state index in [0.717, 1.165) is 0 Å². The maximum absolute atomic E-state index is 11.9. The molecule has 1 aliphatic heterocycles. The number of hydrogen-bond acceptors (Lipinski definition) is 7. The predicted octanol–water partition coefficient (Wildman–Crippen LogP) is 0.480. The van der Waals surface area contributed by atoms with Crippen LogP contribution < -0.4 is 10.2 Å². The van der Waals surface area contributed by atoms with Crippen molar-refractivity contribution in [3.05, 3.63) is 10.6 Å². The van der Waals surface area contributed by atoms with E-state index in [2.05, 4.69) is 15.0 Å². The fraction of sp³-hybridized carbons (Fsp3) is 0.500. The Hall–Kier alpha value is -1.96. The second-order valence-corrected chi connectivity index (χ2v) is 6.10. The molecule has 20 heavy (non-hydrogen) atoms. The minimum atomic E-state index is -0.911. The topological polar surface area (TPSA) is 88.6 Å². The number of nitrogens with one attached hydrogen (secondary N) is 1. The van der Waals surface area contributed by atoms with Gasteiger partial charge in [-0.05, 0) is 20.8 Å². The number of carbonyl (C=O) groups is 3. The number of ether oxygens (including phenoxy) is 1. The van der Waals surface area contributed by atoms with Gasteiger partial charge in [0.15, 0.2) is 10.8 Å². The molecule has 1 aliphatic rings. The van der Waals surface area contributed by atoms with Crippen LogP contribution in [0, 0.1) is 6.92 Å². The Bertz CT molecular complexity index is 594. The second kappa shape index (κ2) is 4.86. The number of thiazole rings is 1. The van der Waals surface area contributed by atoms with Gasteiger partial charge >= 0.3 is 5.97 Å². The van der Waals surface area contributed by atoms with Gasteiger partial charge in [-0.2, -0.15) is 0 Å². The predicted molar refractivity (Wildman–Crippen MR) is 72.8 cm³/mol.